The second-order valence-electron chi connectivity index (χ2n) is 9.18. The molecule has 0 aliphatic carbocycles. The van der Waals surface area contributed by atoms with Crippen LogP contribution in [-0.4, -0.2) is 61.2 Å². The van der Waals surface area contributed by atoms with Crippen molar-refractivity contribution in [2.75, 3.05) is 49.9 Å². The average Bonchev–Trinajstić information content (AvgIpc) is 2.84. The number of hydrogen-bond acceptors (Lipinski definition) is 5. The summed E-state index contributed by atoms with van der Waals surface area (Å²) in [4.78, 5) is 19.2. The number of aromatic nitrogens is 1. The van der Waals surface area contributed by atoms with Crippen LogP contribution in [0.3, 0.4) is 0 Å². The van der Waals surface area contributed by atoms with Crippen LogP contribution in [0, 0.1) is 11.8 Å². The lowest BCUT2D eigenvalue weighted by atomic mass is 9.93. The van der Waals surface area contributed by atoms with Gasteiger partial charge in [-0.1, -0.05) is 12.1 Å². The van der Waals surface area contributed by atoms with Crippen molar-refractivity contribution in [3.8, 4) is 22.3 Å². The topological polar surface area (TPSA) is 74.5 Å². The maximum absolute atomic E-state index is 15.0. The van der Waals surface area contributed by atoms with E-state index in [0.717, 1.165) is 11.8 Å². The standard InChI is InChI=1S/C26H24F5N5O/c27-22-13-19-16(5-6-33-25(19)37)11-20(22)21-12-18(23(28)34-24(21)32)15-1-3-17(4-2-15)36-9-7-35(8-10-36)14-26(29,30)31/h1-4,11-13H,5-10,14H2,(H2,32,34)(H,33,37). The molecule has 0 bridgehead atoms. The van der Waals surface area contributed by atoms with Gasteiger partial charge in [0.05, 0.1) is 6.54 Å². The Hall–Kier alpha value is -3.73. The zero-order valence-electron chi connectivity index (χ0n) is 19.7. The quantitative estimate of drug-likeness (QED) is 0.400. The second kappa shape index (κ2) is 9.62. The number of benzene rings is 2. The highest BCUT2D eigenvalue weighted by atomic mass is 19.4. The third-order valence-electron chi connectivity index (χ3n) is 6.73. The summed E-state index contributed by atoms with van der Waals surface area (Å²) in [7, 11) is 0. The van der Waals surface area contributed by atoms with Crippen molar-refractivity contribution in [3.05, 3.63) is 65.4 Å². The average molecular weight is 518 g/mol. The first kappa shape index (κ1) is 24.9. The smallest absolute Gasteiger partial charge is 0.383 e. The molecule has 1 saturated heterocycles. The number of amides is 1. The van der Waals surface area contributed by atoms with Crippen LogP contribution >= 0.6 is 0 Å². The Morgan fingerprint density at radius 2 is 1.62 bits per heavy atom. The number of carbonyl (C=O) groups excluding carboxylic acids is 1. The van der Waals surface area contributed by atoms with Gasteiger partial charge in [-0.25, -0.2) is 9.37 Å². The lowest BCUT2D eigenvalue weighted by Gasteiger charge is -2.36. The summed E-state index contributed by atoms with van der Waals surface area (Å²) in [5.41, 5.74) is 8.66. The van der Waals surface area contributed by atoms with Gasteiger partial charge in [-0.3, -0.25) is 9.69 Å². The van der Waals surface area contributed by atoms with Gasteiger partial charge < -0.3 is 16.0 Å². The van der Waals surface area contributed by atoms with E-state index in [-0.39, 0.29) is 47.1 Å². The third-order valence-corrected chi connectivity index (χ3v) is 6.73. The van der Waals surface area contributed by atoms with Gasteiger partial charge in [0.25, 0.3) is 5.91 Å². The van der Waals surface area contributed by atoms with E-state index in [1.165, 1.54) is 11.0 Å². The summed E-state index contributed by atoms with van der Waals surface area (Å²) in [5.74, 6) is -2.00. The minimum absolute atomic E-state index is 0.126. The van der Waals surface area contributed by atoms with Crippen molar-refractivity contribution in [2.45, 2.75) is 12.6 Å². The van der Waals surface area contributed by atoms with Crippen LogP contribution in [-0.2, 0) is 6.42 Å². The first-order valence-electron chi connectivity index (χ1n) is 11.8. The van der Waals surface area contributed by atoms with E-state index in [1.54, 1.807) is 30.3 Å². The van der Waals surface area contributed by atoms with Gasteiger partial charge in [0.2, 0.25) is 5.95 Å². The van der Waals surface area contributed by atoms with E-state index >= 15 is 4.39 Å². The summed E-state index contributed by atoms with van der Waals surface area (Å²) >= 11 is 0. The monoisotopic (exact) mass is 517 g/mol. The number of anilines is 2. The number of fused-ring (bicyclic) bond motifs is 1. The molecule has 0 atom stereocenters. The van der Waals surface area contributed by atoms with E-state index < -0.39 is 24.5 Å². The lowest BCUT2D eigenvalue weighted by molar-refractivity contribution is -0.146. The molecule has 2 aliphatic rings. The van der Waals surface area contributed by atoms with Gasteiger partial charge in [-0.15, -0.1) is 0 Å². The summed E-state index contributed by atoms with van der Waals surface area (Å²) in [6, 6.07) is 11.1. The predicted molar refractivity (Wildman–Crippen MR) is 130 cm³/mol. The molecule has 1 fully saturated rings. The van der Waals surface area contributed by atoms with Gasteiger partial charge >= 0.3 is 6.18 Å². The normalized spacial score (nSPS) is 16.5. The van der Waals surface area contributed by atoms with E-state index in [4.69, 9.17) is 5.73 Å². The van der Waals surface area contributed by atoms with Crippen molar-refractivity contribution in [3.63, 3.8) is 0 Å². The molecule has 2 aromatic carbocycles. The Bertz CT molecular complexity index is 1330. The second-order valence-corrected chi connectivity index (χ2v) is 9.18. The van der Waals surface area contributed by atoms with Gasteiger partial charge in [0, 0.05) is 60.7 Å². The summed E-state index contributed by atoms with van der Waals surface area (Å²) in [6.45, 7) is 0.955. The molecule has 3 N–H and O–H groups in total. The molecular formula is C26H24F5N5O. The minimum atomic E-state index is -4.23. The number of halogens is 5. The summed E-state index contributed by atoms with van der Waals surface area (Å²) < 4.78 is 67.8. The first-order chi connectivity index (χ1) is 17.6. The number of alkyl halides is 3. The Kier molecular flexibility index (Phi) is 6.49. The van der Waals surface area contributed by atoms with Gasteiger partial charge in [-0.2, -0.15) is 17.6 Å². The molecular weight excluding hydrogens is 493 g/mol. The van der Waals surface area contributed by atoms with Crippen LogP contribution in [0.5, 0.6) is 0 Å². The molecule has 1 aromatic heterocycles. The number of nitrogen functional groups attached to an aromatic ring is 1. The molecule has 194 valence electrons. The maximum Gasteiger partial charge on any atom is 0.401 e. The van der Waals surface area contributed by atoms with Gasteiger partial charge in [0.15, 0.2) is 0 Å². The summed E-state index contributed by atoms with van der Waals surface area (Å²) in [5, 5.41) is 2.67. The minimum Gasteiger partial charge on any atom is -0.383 e. The van der Waals surface area contributed by atoms with Gasteiger partial charge in [0.1, 0.15) is 11.6 Å². The molecule has 6 nitrogen and oxygen atoms in total. The maximum atomic E-state index is 15.0. The molecule has 2 aliphatic heterocycles. The predicted octanol–water partition coefficient (Wildman–Crippen LogP) is 4.25. The third kappa shape index (κ3) is 5.22. The van der Waals surface area contributed by atoms with Crippen molar-refractivity contribution in [1.29, 1.82) is 0 Å². The number of rotatable bonds is 4. The first-order valence-corrected chi connectivity index (χ1v) is 11.8. The molecule has 3 aromatic rings. The highest BCUT2D eigenvalue weighted by molar-refractivity contribution is 5.97. The van der Waals surface area contributed by atoms with E-state index in [0.29, 0.717) is 37.2 Å². The zero-order valence-corrected chi connectivity index (χ0v) is 19.7. The molecule has 0 spiro atoms. The molecule has 1 amide bonds. The SMILES string of the molecule is Nc1nc(F)c(-c2ccc(N3CCN(CC(F)(F)F)CC3)cc2)cc1-c1cc2c(cc1F)C(=O)NCC2. The van der Waals surface area contributed by atoms with E-state index in [2.05, 4.69) is 10.3 Å². The van der Waals surface area contributed by atoms with Crippen LogP contribution in [0.15, 0.2) is 42.5 Å². The number of nitrogens with zero attached hydrogens (tertiary/aromatic N) is 3. The number of nitrogens with one attached hydrogen (secondary N) is 1. The lowest BCUT2D eigenvalue weighted by Crippen LogP contribution is -2.49. The molecule has 0 radical (unpaired) electrons. The van der Waals surface area contributed by atoms with Crippen LogP contribution < -0.4 is 16.0 Å². The number of pyridine rings is 1. The number of hydrogen-bond donors (Lipinski definition) is 2. The molecule has 11 heteroatoms. The Balaban J connectivity index is 1.39. The number of piperazine rings is 1. The fraction of sp³-hybridized carbons (Fsp3) is 0.308. The van der Waals surface area contributed by atoms with Crippen LogP contribution in [0.25, 0.3) is 22.3 Å². The molecule has 3 heterocycles. The van der Waals surface area contributed by atoms with Crippen LogP contribution in [0.1, 0.15) is 15.9 Å². The van der Waals surface area contributed by atoms with E-state index in [1.807, 2.05) is 4.90 Å². The zero-order chi connectivity index (χ0) is 26.3. The summed E-state index contributed by atoms with van der Waals surface area (Å²) in [6.07, 6.45) is -3.70. The largest absolute Gasteiger partial charge is 0.401 e. The highest BCUT2D eigenvalue weighted by Gasteiger charge is 2.32. The molecule has 0 saturated carbocycles. The van der Waals surface area contributed by atoms with Crippen molar-refractivity contribution >= 4 is 17.4 Å². The van der Waals surface area contributed by atoms with Crippen molar-refractivity contribution in [2.24, 2.45) is 0 Å². The highest BCUT2D eigenvalue weighted by Crippen LogP contribution is 2.35. The molecule has 37 heavy (non-hydrogen) atoms. The Labute approximate surface area is 209 Å². The molecule has 0 unspecified atom stereocenters. The fourth-order valence-electron chi connectivity index (χ4n) is 4.84. The van der Waals surface area contributed by atoms with Crippen molar-refractivity contribution < 1.29 is 26.7 Å². The van der Waals surface area contributed by atoms with Crippen LogP contribution in [0.2, 0.25) is 0 Å². The number of carbonyl (C=O) groups is 1. The number of nitrogens with two attached hydrogens (primary N) is 1. The van der Waals surface area contributed by atoms with E-state index in [9.17, 15) is 22.4 Å². The molecule has 5 rings (SSSR count). The van der Waals surface area contributed by atoms with Crippen molar-refractivity contribution in [1.82, 2.24) is 15.2 Å². The fourth-order valence-corrected chi connectivity index (χ4v) is 4.84. The van der Waals surface area contributed by atoms with Gasteiger partial charge in [-0.05, 0) is 47.9 Å². The Morgan fingerprint density at radius 3 is 2.30 bits per heavy atom. The Morgan fingerprint density at radius 1 is 0.919 bits per heavy atom. The van der Waals surface area contributed by atoms with Crippen LogP contribution in [0.4, 0.5) is 33.5 Å².